The van der Waals surface area contributed by atoms with Crippen LogP contribution in [0.1, 0.15) is 22.9 Å². The van der Waals surface area contributed by atoms with Gasteiger partial charge in [0.2, 0.25) is 0 Å². The summed E-state index contributed by atoms with van der Waals surface area (Å²) < 4.78 is 2.63. The quantitative estimate of drug-likeness (QED) is 0.798. The second-order valence-electron chi connectivity index (χ2n) is 5.43. The van der Waals surface area contributed by atoms with E-state index in [9.17, 15) is 0 Å². The summed E-state index contributed by atoms with van der Waals surface area (Å²) in [5.74, 6) is 0.181. The fourth-order valence-corrected chi connectivity index (χ4v) is 2.86. The Balaban J connectivity index is 2.00. The highest BCUT2D eigenvalue weighted by Crippen LogP contribution is 2.25. The fraction of sp³-hybridized carbons (Fsp3) is 0.167. The summed E-state index contributed by atoms with van der Waals surface area (Å²) in [6, 6.07) is 8.29. The first-order chi connectivity index (χ1) is 10.6. The van der Waals surface area contributed by atoms with E-state index in [2.05, 4.69) is 72.8 Å². The Bertz CT molecular complexity index is 788. The van der Waals surface area contributed by atoms with Crippen molar-refractivity contribution >= 4 is 17.9 Å². The van der Waals surface area contributed by atoms with Crippen LogP contribution in [0.2, 0.25) is 0 Å². The molecule has 1 aromatic carbocycles. The van der Waals surface area contributed by atoms with Crippen molar-refractivity contribution in [1.82, 2.24) is 9.66 Å². The summed E-state index contributed by atoms with van der Waals surface area (Å²) >= 11 is 5.47. The van der Waals surface area contributed by atoms with Crippen molar-refractivity contribution in [2.75, 3.05) is 5.43 Å². The second-order valence-corrected chi connectivity index (χ2v) is 5.82. The van der Waals surface area contributed by atoms with Gasteiger partial charge in [-0.05, 0) is 38.2 Å². The number of aryl methyl sites for hydroxylation is 2. The third kappa shape index (κ3) is 2.97. The first kappa shape index (κ1) is 14.6. The molecule has 1 aliphatic carbocycles. The van der Waals surface area contributed by atoms with E-state index in [0.29, 0.717) is 4.77 Å². The van der Waals surface area contributed by atoms with E-state index in [-0.39, 0.29) is 5.92 Å². The summed E-state index contributed by atoms with van der Waals surface area (Å²) in [5.41, 5.74) is 7.85. The highest BCUT2D eigenvalue weighted by molar-refractivity contribution is 7.71. The average molecular weight is 309 g/mol. The lowest BCUT2D eigenvalue weighted by Gasteiger charge is -2.15. The maximum absolute atomic E-state index is 5.47. The molecule has 0 saturated carbocycles. The van der Waals surface area contributed by atoms with Gasteiger partial charge in [0.05, 0.1) is 11.4 Å². The van der Waals surface area contributed by atoms with Crippen LogP contribution in [0, 0.1) is 18.6 Å². The molecule has 0 spiro atoms. The van der Waals surface area contributed by atoms with Gasteiger partial charge in [0.15, 0.2) is 4.77 Å². The Labute approximate surface area is 135 Å². The number of aromatic nitrogens is 2. The summed E-state index contributed by atoms with van der Waals surface area (Å²) in [5, 5.41) is 0. The Kier molecular flexibility index (Phi) is 4.11. The molecule has 0 amide bonds. The van der Waals surface area contributed by atoms with Crippen LogP contribution in [0.15, 0.2) is 60.7 Å². The van der Waals surface area contributed by atoms with Crippen molar-refractivity contribution in [3.63, 3.8) is 0 Å². The number of rotatable bonds is 3. The lowest BCUT2D eigenvalue weighted by Crippen LogP contribution is -2.14. The molecular weight excluding hydrogens is 290 g/mol. The van der Waals surface area contributed by atoms with Gasteiger partial charge >= 0.3 is 0 Å². The van der Waals surface area contributed by atoms with Crippen LogP contribution in [0.3, 0.4) is 0 Å². The minimum absolute atomic E-state index is 0.181. The smallest absolute Gasteiger partial charge is 0.196 e. The number of benzene rings is 1. The highest BCUT2D eigenvalue weighted by atomic mass is 32.1. The van der Waals surface area contributed by atoms with E-state index in [4.69, 9.17) is 12.2 Å². The summed E-state index contributed by atoms with van der Waals surface area (Å²) in [6.45, 7) is 4.13. The van der Waals surface area contributed by atoms with Gasteiger partial charge in [-0.1, -0.05) is 54.2 Å². The maximum atomic E-state index is 5.47. The molecule has 2 N–H and O–H groups in total. The molecule has 1 heterocycles. The van der Waals surface area contributed by atoms with Gasteiger partial charge in [-0.3, -0.25) is 5.43 Å². The molecule has 1 aromatic heterocycles. The standard InChI is InChI=1S/C18H19N3S/c1-13-9-11-16(12-10-13)20-21-17(14(2)19-18(21)22)15-7-5-3-4-6-8-15/h3-12,15,20H,1-2H3,(H,19,22). The van der Waals surface area contributed by atoms with Crippen LogP contribution >= 0.6 is 12.2 Å². The van der Waals surface area contributed by atoms with Crippen LogP contribution in [0.25, 0.3) is 0 Å². The van der Waals surface area contributed by atoms with E-state index in [1.807, 2.05) is 16.8 Å². The second kappa shape index (κ2) is 6.20. The molecule has 0 saturated heterocycles. The van der Waals surface area contributed by atoms with E-state index in [1.54, 1.807) is 0 Å². The predicted molar refractivity (Wildman–Crippen MR) is 94.7 cm³/mol. The van der Waals surface area contributed by atoms with Gasteiger partial charge in [0.1, 0.15) is 0 Å². The zero-order valence-corrected chi connectivity index (χ0v) is 13.5. The van der Waals surface area contributed by atoms with E-state index >= 15 is 0 Å². The van der Waals surface area contributed by atoms with Gasteiger partial charge in [0.25, 0.3) is 0 Å². The molecule has 112 valence electrons. The molecule has 22 heavy (non-hydrogen) atoms. The van der Waals surface area contributed by atoms with Gasteiger partial charge in [0, 0.05) is 11.6 Å². The monoisotopic (exact) mass is 309 g/mol. The van der Waals surface area contributed by atoms with Gasteiger partial charge < -0.3 is 4.98 Å². The normalized spacial score (nSPS) is 14.3. The third-order valence-electron chi connectivity index (χ3n) is 3.70. The summed E-state index contributed by atoms with van der Waals surface area (Å²) in [4.78, 5) is 3.25. The van der Waals surface area contributed by atoms with Crippen molar-refractivity contribution in [1.29, 1.82) is 0 Å². The lowest BCUT2D eigenvalue weighted by atomic mass is 10.0. The predicted octanol–water partition coefficient (Wildman–Crippen LogP) is 4.80. The SMILES string of the molecule is Cc1ccc(Nn2c(C3C=CC=CC=C3)c(C)[nH]c2=S)cc1. The topological polar surface area (TPSA) is 32.8 Å². The Morgan fingerprint density at radius 1 is 1.00 bits per heavy atom. The fourth-order valence-electron chi connectivity index (χ4n) is 2.57. The zero-order chi connectivity index (χ0) is 15.5. The zero-order valence-electron chi connectivity index (χ0n) is 12.7. The van der Waals surface area contributed by atoms with Gasteiger partial charge in [-0.2, -0.15) is 0 Å². The molecule has 3 rings (SSSR count). The summed E-state index contributed by atoms with van der Waals surface area (Å²) in [6.07, 6.45) is 12.5. The number of H-pyrrole nitrogens is 1. The minimum Gasteiger partial charge on any atom is -0.333 e. The van der Waals surface area contributed by atoms with Crippen LogP contribution in [0.5, 0.6) is 0 Å². The van der Waals surface area contributed by atoms with Crippen LogP contribution in [-0.4, -0.2) is 9.66 Å². The number of nitrogens with zero attached hydrogens (tertiary/aromatic N) is 1. The molecule has 0 unspecified atom stereocenters. The van der Waals surface area contributed by atoms with Crippen molar-refractivity contribution in [3.8, 4) is 0 Å². The van der Waals surface area contributed by atoms with E-state index < -0.39 is 0 Å². The Morgan fingerprint density at radius 2 is 1.64 bits per heavy atom. The van der Waals surface area contributed by atoms with E-state index in [0.717, 1.165) is 17.1 Å². The van der Waals surface area contributed by atoms with Gasteiger partial charge in [-0.25, -0.2) is 4.68 Å². The third-order valence-corrected chi connectivity index (χ3v) is 3.99. The van der Waals surface area contributed by atoms with Crippen molar-refractivity contribution in [2.45, 2.75) is 19.8 Å². The molecular formula is C18H19N3S. The number of hydrogen-bond acceptors (Lipinski definition) is 2. The number of aromatic amines is 1. The minimum atomic E-state index is 0.181. The molecule has 0 aliphatic heterocycles. The molecule has 0 bridgehead atoms. The maximum Gasteiger partial charge on any atom is 0.196 e. The number of allylic oxidation sites excluding steroid dienone is 6. The molecule has 2 aromatic rings. The number of hydrogen-bond donors (Lipinski definition) is 2. The van der Waals surface area contributed by atoms with Gasteiger partial charge in [-0.15, -0.1) is 0 Å². The average Bonchev–Trinajstić information content (AvgIpc) is 2.70. The summed E-state index contributed by atoms with van der Waals surface area (Å²) in [7, 11) is 0. The van der Waals surface area contributed by atoms with Crippen molar-refractivity contribution < 1.29 is 0 Å². The molecule has 0 fully saturated rings. The Hall–Kier alpha value is -2.33. The number of nitrogens with one attached hydrogen (secondary N) is 2. The van der Waals surface area contributed by atoms with Crippen LogP contribution < -0.4 is 5.43 Å². The molecule has 4 heteroatoms. The van der Waals surface area contributed by atoms with Crippen molar-refractivity contribution in [3.05, 3.63) is 82.4 Å². The van der Waals surface area contributed by atoms with Crippen molar-refractivity contribution in [2.24, 2.45) is 0 Å². The molecule has 3 nitrogen and oxygen atoms in total. The first-order valence-corrected chi connectivity index (χ1v) is 7.73. The number of anilines is 1. The molecule has 1 aliphatic rings. The van der Waals surface area contributed by atoms with Crippen LogP contribution in [-0.2, 0) is 0 Å². The molecule has 0 radical (unpaired) electrons. The highest BCUT2D eigenvalue weighted by Gasteiger charge is 2.16. The lowest BCUT2D eigenvalue weighted by molar-refractivity contribution is 0.833. The van der Waals surface area contributed by atoms with E-state index in [1.165, 1.54) is 5.56 Å². The largest absolute Gasteiger partial charge is 0.333 e. The Morgan fingerprint density at radius 3 is 2.27 bits per heavy atom. The first-order valence-electron chi connectivity index (χ1n) is 7.32. The number of imidazole rings is 1. The van der Waals surface area contributed by atoms with Crippen LogP contribution in [0.4, 0.5) is 5.69 Å². The molecule has 0 atom stereocenters.